The molecule has 0 spiro atoms. The molecule has 38 heavy (non-hydrogen) atoms. The van der Waals surface area contributed by atoms with Gasteiger partial charge in [-0.2, -0.15) is 0 Å². The Kier molecular flexibility index (Phi) is 7.20. The summed E-state index contributed by atoms with van der Waals surface area (Å²) in [5, 5.41) is 3.71. The molecular weight excluding hydrogens is 502 g/mol. The average Bonchev–Trinajstić information content (AvgIpc) is 3.32. The molecule has 1 aromatic rings. The maximum Gasteiger partial charge on any atom is 0.318 e. The number of hydrogen-bond donors (Lipinski definition) is 1. The van der Waals surface area contributed by atoms with E-state index in [-0.39, 0.29) is 35.6 Å². The van der Waals surface area contributed by atoms with Gasteiger partial charge in [-0.3, -0.25) is 19.6 Å². The smallest absolute Gasteiger partial charge is 0.318 e. The van der Waals surface area contributed by atoms with E-state index in [1.165, 1.54) is 0 Å². The number of rotatable bonds is 3. The highest BCUT2D eigenvalue weighted by molar-refractivity contribution is 6.32. The zero-order valence-corrected chi connectivity index (χ0v) is 23.4. The number of ketones is 1. The lowest BCUT2D eigenvalue weighted by atomic mass is 9.85. The van der Waals surface area contributed by atoms with Crippen LogP contribution in [0, 0.1) is 11.3 Å². The minimum Gasteiger partial charge on any atom is -0.336 e. The van der Waals surface area contributed by atoms with E-state index < -0.39 is 6.04 Å². The number of urea groups is 1. The fourth-order valence-corrected chi connectivity index (χ4v) is 6.25. The first-order valence-electron chi connectivity index (χ1n) is 13.4. The second kappa shape index (κ2) is 10.3. The third kappa shape index (κ3) is 5.41. The summed E-state index contributed by atoms with van der Waals surface area (Å²) < 4.78 is 0. The number of aliphatic imine (C=N–C) groups is 2. The van der Waals surface area contributed by atoms with Gasteiger partial charge in [0.2, 0.25) is 5.91 Å². The molecule has 4 aliphatic rings. The molecule has 4 heterocycles. The molecule has 5 rings (SSSR count). The summed E-state index contributed by atoms with van der Waals surface area (Å²) in [6, 6.07) is 1.03. The molecule has 0 bridgehead atoms. The highest BCUT2D eigenvalue weighted by atomic mass is 35.5. The lowest BCUT2D eigenvalue weighted by Crippen LogP contribution is -2.54. The third-order valence-corrected chi connectivity index (χ3v) is 8.16. The topological polar surface area (TPSA) is 94.4 Å². The van der Waals surface area contributed by atoms with Crippen LogP contribution in [-0.2, 0) is 29.1 Å². The van der Waals surface area contributed by atoms with Gasteiger partial charge in [0.15, 0.2) is 5.78 Å². The van der Waals surface area contributed by atoms with Gasteiger partial charge in [0.1, 0.15) is 12.6 Å². The van der Waals surface area contributed by atoms with E-state index in [1.54, 1.807) is 4.90 Å². The molecule has 1 unspecified atom stereocenters. The van der Waals surface area contributed by atoms with Crippen LogP contribution in [0.15, 0.2) is 27.7 Å². The number of fused-ring (bicyclic) bond motifs is 3. The normalized spacial score (nSPS) is 22.1. The van der Waals surface area contributed by atoms with Gasteiger partial charge in [-0.15, -0.1) is 0 Å². The summed E-state index contributed by atoms with van der Waals surface area (Å²) in [7, 11) is 0. The van der Waals surface area contributed by atoms with Crippen molar-refractivity contribution in [1.29, 1.82) is 0 Å². The average molecular weight is 538 g/mol. The number of carbonyl (C=O) groups excluding carboxylic acids is 3. The number of Topliss-reactive ketones (excluding diaryl/α,β-unsaturated/α-hetero) is 1. The molecule has 1 fully saturated rings. The van der Waals surface area contributed by atoms with E-state index >= 15 is 0 Å². The molecular formula is C29H36ClN5O3. The second-order valence-corrected chi connectivity index (χ2v) is 12.5. The minimum absolute atomic E-state index is 0.0770. The standard InChI is InChI=1S/C29H36ClN5O3/c1-17-9-20(26(36)14-32-17)18-5-7-34(8-6-18)28(38)33-25-11-19-10-24(30)22-13-31-12-21(22)23(19)15-35(27(25)37)16-29(2,3)4/h9-10,12,18,25H,5-8,11,13-16H2,1-4H3,(H,33,38). The molecule has 1 aromatic carbocycles. The van der Waals surface area contributed by atoms with E-state index in [1.807, 2.05) is 30.2 Å². The highest BCUT2D eigenvalue weighted by Gasteiger charge is 2.36. The van der Waals surface area contributed by atoms with Crippen LogP contribution in [-0.4, -0.2) is 71.7 Å². The number of hydrogen-bond acceptors (Lipinski definition) is 5. The predicted octanol–water partition coefficient (Wildman–Crippen LogP) is 3.96. The van der Waals surface area contributed by atoms with Crippen molar-refractivity contribution in [2.75, 3.05) is 26.2 Å². The van der Waals surface area contributed by atoms with Gasteiger partial charge >= 0.3 is 6.03 Å². The summed E-state index contributed by atoms with van der Waals surface area (Å²) >= 11 is 6.60. The summed E-state index contributed by atoms with van der Waals surface area (Å²) in [5.74, 6) is 0.138. The Hall–Kier alpha value is -3.00. The number of likely N-dealkylation sites (tertiary alicyclic amines) is 1. The van der Waals surface area contributed by atoms with Crippen LogP contribution in [0.3, 0.4) is 0 Å². The van der Waals surface area contributed by atoms with Crippen molar-refractivity contribution in [2.24, 2.45) is 21.3 Å². The Morgan fingerprint density at radius 3 is 2.61 bits per heavy atom. The lowest BCUT2D eigenvalue weighted by molar-refractivity contribution is -0.134. The van der Waals surface area contributed by atoms with Crippen LogP contribution in [0.25, 0.3) is 0 Å². The van der Waals surface area contributed by atoms with E-state index in [4.69, 9.17) is 11.6 Å². The van der Waals surface area contributed by atoms with Crippen LogP contribution < -0.4 is 5.32 Å². The second-order valence-electron chi connectivity index (χ2n) is 12.1. The van der Waals surface area contributed by atoms with Crippen molar-refractivity contribution in [3.05, 3.63) is 45.0 Å². The molecule has 4 aliphatic heterocycles. The molecule has 202 valence electrons. The first kappa shape index (κ1) is 26.6. The van der Waals surface area contributed by atoms with E-state index in [2.05, 4.69) is 36.1 Å². The van der Waals surface area contributed by atoms with Crippen molar-refractivity contribution in [3.8, 4) is 0 Å². The number of nitrogens with zero attached hydrogens (tertiary/aromatic N) is 4. The van der Waals surface area contributed by atoms with Gasteiger partial charge in [0.05, 0.1) is 6.54 Å². The summed E-state index contributed by atoms with van der Waals surface area (Å²) in [6.07, 6.45) is 5.58. The number of allylic oxidation sites excluding steroid dienone is 1. The lowest BCUT2D eigenvalue weighted by Gasteiger charge is -2.35. The number of benzene rings is 1. The van der Waals surface area contributed by atoms with Crippen LogP contribution in [0.2, 0.25) is 5.02 Å². The first-order valence-corrected chi connectivity index (χ1v) is 13.8. The van der Waals surface area contributed by atoms with Gasteiger partial charge in [-0.1, -0.05) is 32.4 Å². The highest BCUT2D eigenvalue weighted by Crippen LogP contribution is 2.34. The van der Waals surface area contributed by atoms with Crippen molar-refractivity contribution < 1.29 is 14.4 Å². The maximum atomic E-state index is 13.8. The molecule has 1 atom stereocenters. The van der Waals surface area contributed by atoms with Gasteiger partial charge in [-0.25, -0.2) is 4.79 Å². The fourth-order valence-electron chi connectivity index (χ4n) is 5.96. The molecule has 0 radical (unpaired) electrons. The SMILES string of the molecule is CC1=NCC(=O)C(C2CCN(C(=O)NC3Cc4cc(Cl)c5c(c4CN(CC(C)(C)C)C3=O)C=NC5)CC2)=C1. The largest absolute Gasteiger partial charge is 0.336 e. The number of nitrogens with one attached hydrogen (secondary N) is 1. The van der Waals surface area contributed by atoms with Crippen LogP contribution in [0.1, 0.15) is 62.8 Å². The zero-order chi connectivity index (χ0) is 27.2. The molecule has 0 aromatic heterocycles. The van der Waals surface area contributed by atoms with E-state index in [9.17, 15) is 14.4 Å². The Morgan fingerprint density at radius 2 is 1.89 bits per heavy atom. The molecule has 9 heteroatoms. The number of carbonyl (C=O) groups is 3. The number of dihydropyridines is 1. The maximum absolute atomic E-state index is 13.8. The first-order chi connectivity index (χ1) is 18.0. The van der Waals surface area contributed by atoms with Crippen molar-refractivity contribution >= 4 is 41.2 Å². The van der Waals surface area contributed by atoms with Gasteiger partial charge < -0.3 is 15.1 Å². The van der Waals surface area contributed by atoms with E-state index in [0.717, 1.165) is 46.4 Å². The molecule has 0 saturated carbocycles. The summed E-state index contributed by atoms with van der Waals surface area (Å²) in [5.41, 5.74) is 5.68. The number of halogens is 1. The monoisotopic (exact) mass is 537 g/mol. The molecule has 0 aliphatic carbocycles. The van der Waals surface area contributed by atoms with Crippen molar-refractivity contribution in [1.82, 2.24) is 15.1 Å². The number of amides is 3. The van der Waals surface area contributed by atoms with Crippen LogP contribution >= 0.6 is 11.6 Å². The minimum atomic E-state index is -0.683. The third-order valence-electron chi connectivity index (χ3n) is 7.82. The number of piperidine rings is 1. The zero-order valence-electron chi connectivity index (χ0n) is 22.6. The van der Waals surface area contributed by atoms with Gasteiger partial charge in [0, 0.05) is 66.2 Å². The van der Waals surface area contributed by atoms with Crippen molar-refractivity contribution in [2.45, 2.75) is 66.1 Å². The molecule has 8 nitrogen and oxygen atoms in total. The van der Waals surface area contributed by atoms with Gasteiger partial charge in [-0.05, 0) is 54.4 Å². The van der Waals surface area contributed by atoms with E-state index in [0.29, 0.717) is 44.2 Å². The summed E-state index contributed by atoms with van der Waals surface area (Å²) in [6.45, 7) is 11.1. The fraction of sp³-hybridized carbons (Fsp3) is 0.552. The molecule has 1 N–H and O–H groups in total. The quantitative estimate of drug-likeness (QED) is 0.632. The van der Waals surface area contributed by atoms with Crippen LogP contribution in [0.5, 0.6) is 0 Å². The van der Waals surface area contributed by atoms with Crippen molar-refractivity contribution in [3.63, 3.8) is 0 Å². The summed E-state index contributed by atoms with van der Waals surface area (Å²) in [4.78, 5) is 51.8. The molecule has 3 amide bonds. The van der Waals surface area contributed by atoms with Gasteiger partial charge in [0.25, 0.3) is 0 Å². The van der Waals surface area contributed by atoms with Crippen LogP contribution in [0.4, 0.5) is 4.79 Å². The molecule has 1 saturated heterocycles. The Bertz CT molecular complexity index is 1270. The Balaban J connectivity index is 1.33. The Labute approximate surface area is 229 Å². The predicted molar refractivity (Wildman–Crippen MR) is 149 cm³/mol. The Morgan fingerprint density at radius 1 is 1.16 bits per heavy atom.